The molecule has 0 saturated heterocycles. The number of methoxy groups -OCH3 is 1. The molecule has 2 N–H and O–H groups in total. The third-order valence-corrected chi connectivity index (χ3v) is 5.11. The molecule has 0 aliphatic rings. The molecule has 2 aromatic carbocycles. The second kappa shape index (κ2) is 7.37. The molecule has 0 atom stereocenters. The molecule has 0 saturated carbocycles. The fourth-order valence-electron chi connectivity index (χ4n) is 2.19. The van der Waals surface area contributed by atoms with E-state index in [2.05, 4.69) is 4.98 Å². The minimum atomic E-state index is -0.571. The van der Waals surface area contributed by atoms with Gasteiger partial charge in [0.25, 0.3) is 0 Å². The summed E-state index contributed by atoms with van der Waals surface area (Å²) in [4.78, 5) is 19.5. The van der Waals surface area contributed by atoms with Crippen molar-refractivity contribution >= 4 is 39.9 Å². The number of benzene rings is 2. The second-order valence-electron chi connectivity index (χ2n) is 4.71. The summed E-state index contributed by atoms with van der Waals surface area (Å²) in [7, 11) is 1.64. The molecule has 3 rings (SSSR count). The van der Waals surface area contributed by atoms with Gasteiger partial charge in [-0.15, -0.1) is 11.3 Å². The number of amides is 2. The van der Waals surface area contributed by atoms with Crippen LogP contribution >= 0.6 is 23.1 Å². The van der Waals surface area contributed by atoms with Crippen molar-refractivity contribution in [3.8, 4) is 5.75 Å². The molecule has 1 aromatic heterocycles. The predicted octanol–water partition coefficient (Wildman–Crippen LogP) is 4.52. The summed E-state index contributed by atoms with van der Waals surface area (Å²) >= 11 is 2.87. The minimum Gasteiger partial charge on any atom is -0.496 e. The molecule has 0 radical (unpaired) electrons. The molecule has 1 heterocycles. The number of ether oxygens (including phenoxy) is 1. The van der Waals surface area contributed by atoms with E-state index in [0.29, 0.717) is 10.8 Å². The topological polar surface area (TPSA) is 68.5 Å². The van der Waals surface area contributed by atoms with E-state index in [1.54, 1.807) is 18.7 Å². The van der Waals surface area contributed by atoms with Crippen LogP contribution in [0.3, 0.4) is 0 Å². The zero-order valence-corrected chi connectivity index (χ0v) is 14.5. The van der Waals surface area contributed by atoms with Crippen molar-refractivity contribution in [2.45, 2.75) is 9.79 Å². The predicted molar refractivity (Wildman–Crippen MR) is 97.4 cm³/mol. The molecular weight excluding hydrogens is 342 g/mol. The number of urea groups is 1. The number of anilines is 2. The number of rotatable bonds is 5. The van der Waals surface area contributed by atoms with Gasteiger partial charge in [0.2, 0.25) is 0 Å². The summed E-state index contributed by atoms with van der Waals surface area (Å²) in [5, 5.41) is 2.34. The number of hydrogen-bond donors (Lipinski definition) is 1. The van der Waals surface area contributed by atoms with E-state index in [4.69, 9.17) is 10.5 Å². The zero-order valence-electron chi connectivity index (χ0n) is 12.9. The molecular formula is C17H15N3O2S2. The first kappa shape index (κ1) is 16.4. The Labute approximate surface area is 148 Å². The van der Waals surface area contributed by atoms with Crippen molar-refractivity contribution in [3.05, 3.63) is 60.1 Å². The molecule has 0 bridgehead atoms. The van der Waals surface area contributed by atoms with Crippen molar-refractivity contribution in [1.82, 2.24) is 4.98 Å². The van der Waals surface area contributed by atoms with E-state index < -0.39 is 6.03 Å². The highest BCUT2D eigenvalue weighted by Gasteiger charge is 2.21. The molecule has 0 fully saturated rings. The molecule has 2 amide bonds. The Morgan fingerprint density at radius 2 is 1.88 bits per heavy atom. The summed E-state index contributed by atoms with van der Waals surface area (Å²) < 4.78 is 5.40. The summed E-state index contributed by atoms with van der Waals surface area (Å²) in [6.45, 7) is 0. The van der Waals surface area contributed by atoms with Gasteiger partial charge in [0, 0.05) is 16.5 Å². The summed E-state index contributed by atoms with van der Waals surface area (Å²) in [5.41, 5.74) is 6.29. The van der Waals surface area contributed by atoms with Crippen molar-refractivity contribution < 1.29 is 9.53 Å². The van der Waals surface area contributed by atoms with Crippen molar-refractivity contribution in [2.75, 3.05) is 12.0 Å². The maximum Gasteiger partial charge on any atom is 0.325 e. The average Bonchev–Trinajstić information content (AvgIpc) is 3.11. The van der Waals surface area contributed by atoms with Gasteiger partial charge in [-0.05, 0) is 24.3 Å². The molecule has 3 aromatic rings. The fourth-order valence-corrected chi connectivity index (χ4v) is 3.90. The number of nitrogens with two attached hydrogens (primary N) is 1. The Morgan fingerprint density at radius 3 is 2.54 bits per heavy atom. The first-order chi connectivity index (χ1) is 11.7. The number of carbonyl (C=O) groups excluding carboxylic acids is 1. The van der Waals surface area contributed by atoms with Crippen molar-refractivity contribution in [1.29, 1.82) is 0 Å². The summed E-state index contributed by atoms with van der Waals surface area (Å²) in [6.07, 6.45) is 1.64. The molecule has 0 unspecified atom stereocenters. The molecule has 122 valence electrons. The lowest BCUT2D eigenvalue weighted by Gasteiger charge is -2.20. The first-order valence-corrected chi connectivity index (χ1v) is 8.79. The number of aromatic nitrogens is 1. The first-order valence-electron chi connectivity index (χ1n) is 7.09. The highest BCUT2D eigenvalue weighted by Crippen LogP contribution is 2.41. The Balaban J connectivity index is 2.03. The number of para-hydroxylation sites is 2. The van der Waals surface area contributed by atoms with E-state index in [0.717, 1.165) is 15.5 Å². The van der Waals surface area contributed by atoms with Crippen LogP contribution in [0.25, 0.3) is 0 Å². The Bertz CT molecular complexity index is 837. The third kappa shape index (κ3) is 3.37. The van der Waals surface area contributed by atoms with E-state index >= 15 is 0 Å². The van der Waals surface area contributed by atoms with E-state index in [9.17, 15) is 4.79 Å². The smallest absolute Gasteiger partial charge is 0.325 e. The Morgan fingerprint density at radius 1 is 1.17 bits per heavy atom. The standard InChI is InChI=1S/C17H15N3O2S2/c1-22-13-7-3-5-9-15(13)24-14-8-4-2-6-12(14)20(16(18)21)17-19-10-11-23-17/h2-11H,1H3,(H2,18,21). The van der Waals surface area contributed by atoms with Gasteiger partial charge in [-0.2, -0.15) is 0 Å². The molecule has 24 heavy (non-hydrogen) atoms. The van der Waals surface area contributed by atoms with Crippen molar-refractivity contribution in [3.63, 3.8) is 0 Å². The van der Waals surface area contributed by atoms with Gasteiger partial charge < -0.3 is 10.5 Å². The molecule has 0 aliphatic heterocycles. The van der Waals surface area contributed by atoms with Gasteiger partial charge in [-0.1, -0.05) is 36.0 Å². The largest absolute Gasteiger partial charge is 0.496 e. The SMILES string of the molecule is COc1ccccc1Sc1ccccc1N(C(N)=O)c1nccs1. The van der Waals surface area contributed by atoms with Gasteiger partial charge in [0.15, 0.2) is 5.13 Å². The van der Waals surface area contributed by atoms with Crippen LogP contribution in [0.2, 0.25) is 0 Å². The van der Waals surface area contributed by atoms with Gasteiger partial charge in [0.1, 0.15) is 5.75 Å². The zero-order chi connectivity index (χ0) is 16.9. The number of thiazole rings is 1. The summed E-state index contributed by atoms with van der Waals surface area (Å²) in [6, 6.07) is 14.7. The quantitative estimate of drug-likeness (QED) is 0.729. The molecule has 5 nitrogen and oxygen atoms in total. The van der Waals surface area contributed by atoms with Crippen LogP contribution in [0.1, 0.15) is 0 Å². The Kier molecular flexibility index (Phi) is 5.02. The van der Waals surface area contributed by atoms with Crippen LogP contribution in [-0.2, 0) is 0 Å². The van der Waals surface area contributed by atoms with Crippen LogP contribution in [0.4, 0.5) is 15.6 Å². The normalized spacial score (nSPS) is 10.4. The highest BCUT2D eigenvalue weighted by atomic mass is 32.2. The van der Waals surface area contributed by atoms with Crippen LogP contribution in [0.5, 0.6) is 5.75 Å². The lowest BCUT2D eigenvalue weighted by atomic mass is 10.3. The van der Waals surface area contributed by atoms with E-state index in [1.807, 2.05) is 48.5 Å². The molecule has 7 heteroatoms. The van der Waals surface area contributed by atoms with Gasteiger partial charge in [-0.25, -0.2) is 14.7 Å². The van der Waals surface area contributed by atoms with Crippen LogP contribution in [-0.4, -0.2) is 18.1 Å². The number of carbonyl (C=O) groups is 1. The third-order valence-electron chi connectivity index (χ3n) is 3.23. The second-order valence-corrected chi connectivity index (χ2v) is 6.67. The van der Waals surface area contributed by atoms with Crippen LogP contribution in [0.15, 0.2) is 69.9 Å². The summed E-state index contributed by atoms with van der Waals surface area (Å²) in [5.74, 6) is 0.775. The Hall–Kier alpha value is -2.51. The maximum absolute atomic E-state index is 12.0. The van der Waals surface area contributed by atoms with Crippen LogP contribution in [0, 0.1) is 0 Å². The number of hydrogen-bond acceptors (Lipinski definition) is 5. The van der Waals surface area contributed by atoms with Gasteiger partial charge in [-0.3, -0.25) is 0 Å². The lowest BCUT2D eigenvalue weighted by molar-refractivity contribution is 0.256. The lowest BCUT2D eigenvalue weighted by Crippen LogP contribution is -2.31. The van der Waals surface area contributed by atoms with Gasteiger partial charge in [0.05, 0.1) is 17.7 Å². The fraction of sp³-hybridized carbons (Fsp3) is 0.0588. The number of primary amides is 1. The monoisotopic (exact) mass is 357 g/mol. The minimum absolute atomic E-state index is 0.538. The van der Waals surface area contributed by atoms with Gasteiger partial charge >= 0.3 is 6.03 Å². The average molecular weight is 357 g/mol. The van der Waals surface area contributed by atoms with E-state index in [-0.39, 0.29) is 0 Å². The van der Waals surface area contributed by atoms with Crippen molar-refractivity contribution in [2.24, 2.45) is 5.73 Å². The molecule has 0 aliphatic carbocycles. The highest BCUT2D eigenvalue weighted by molar-refractivity contribution is 7.99. The maximum atomic E-state index is 12.0. The van der Waals surface area contributed by atoms with E-state index in [1.165, 1.54) is 28.0 Å². The number of nitrogens with zero attached hydrogens (tertiary/aromatic N) is 2. The van der Waals surface area contributed by atoms with Crippen LogP contribution < -0.4 is 15.4 Å². The molecule has 0 spiro atoms.